The summed E-state index contributed by atoms with van der Waals surface area (Å²) in [5, 5.41) is 1.92. The Morgan fingerprint density at radius 3 is 2.93 bits per heavy atom. The molecule has 0 unspecified atom stereocenters. The van der Waals surface area contributed by atoms with Crippen LogP contribution < -0.4 is 0 Å². The Morgan fingerprint density at radius 1 is 1.47 bits per heavy atom. The Bertz CT molecular complexity index is 504. The predicted molar refractivity (Wildman–Crippen MR) is 65.8 cm³/mol. The summed E-state index contributed by atoms with van der Waals surface area (Å²) in [5.41, 5.74) is 1.21. The first kappa shape index (κ1) is 10.6. The van der Waals surface area contributed by atoms with E-state index >= 15 is 0 Å². The number of carbonyl (C=O) groups excluding carboxylic acids is 1. The van der Waals surface area contributed by atoms with Crippen LogP contribution in [-0.2, 0) is 10.1 Å². The summed E-state index contributed by atoms with van der Waals surface area (Å²) >= 11 is 4.87. The molecule has 0 N–H and O–H groups in total. The highest BCUT2D eigenvalue weighted by atomic mass is 79.9. The zero-order valence-corrected chi connectivity index (χ0v) is 10.5. The van der Waals surface area contributed by atoms with Gasteiger partial charge in [-0.1, -0.05) is 28.1 Å². The third-order valence-electron chi connectivity index (χ3n) is 2.13. The van der Waals surface area contributed by atoms with Gasteiger partial charge in [0.15, 0.2) is 0 Å². The zero-order chi connectivity index (χ0) is 10.8. The van der Waals surface area contributed by atoms with Crippen LogP contribution in [0.25, 0.3) is 10.1 Å². The van der Waals surface area contributed by atoms with Gasteiger partial charge in [0.05, 0.1) is 7.11 Å². The fourth-order valence-electron chi connectivity index (χ4n) is 1.36. The van der Waals surface area contributed by atoms with Gasteiger partial charge in [-0.2, -0.15) is 0 Å². The first-order valence-electron chi connectivity index (χ1n) is 4.41. The topological polar surface area (TPSA) is 26.3 Å². The molecule has 1 heterocycles. The fourth-order valence-corrected chi connectivity index (χ4v) is 2.75. The van der Waals surface area contributed by atoms with Gasteiger partial charge in [-0.05, 0) is 23.1 Å². The number of carbonyl (C=O) groups is 1. The van der Waals surface area contributed by atoms with Crippen molar-refractivity contribution in [2.24, 2.45) is 0 Å². The van der Waals surface area contributed by atoms with Crippen molar-refractivity contribution in [1.82, 2.24) is 0 Å². The lowest BCUT2D eigenvalue weighted by molar-refractivity contribution is 0.0606. The lowest BCUT2D eigenvalue weighted by atomic mass is 10.2. The quantitative estimate of drug-likeness (QED) is 0.622. The van der Waals surface area contributed by atoms with Gasteiger partial charge in [-0.25, -0.2) is 4.79 Å². The number of ether oxygens (including phenoxy) is 1. The standard InChI is InChI=1S/C11H9BrO2S/c1-14-11(13)10-5-8-3-2-7(6-12)4-9(8)15-10/h2-5H,6H2,1H3. The first-order valence-corrected chi connectivity index (χ1v) is 6.35. The summed E-state index contributed by atoms with van der Waals surface area (Å²) in [4.78, 5) is 12.0. The molecule has 0 aliphatic heterocycles. The molecule has 0 saturated carbocycles. The van der Waals surface area contributed by atoms with Crippen LogP contribution in [-0.4, -0.2) is 13.1 Å². The molecule has 2 nitrogen and oxygen atoms in total. The fraction of sp³-hybridized carbons (Fsp3) is 0.182. The molecule has 2 rings (SSSR count). The van der Waals surface area contributed by atoms with E-state index in [1.807, 2.05) is 18.2 Å². The normalized spacial score (nSPS) is 10.5. The van der Waals surface area contributed by atoms with Gasteiger partial charge in [-0.15, -0.1) is 11.3 Å². The number of thiophene rings is 1. The third kappa shape index (κ3) is 2.06. The summed E-state index contributed by atoms with van der Waals surface area (Å²) in [6.07, 6.45) is 0. The molecule has 0 fully saturated rings. The molecule has 0 aliphatic rings. The van der Waals surface area contributed by atoms with Crippen LogP contribution in [0.15, 0.2) is 24.3 Å². The maximum atomic E-state index is 11.3. The van der Waals surface area contributed by atoms with Crippen LogP contribution in [0.5, 0.6) is 0 Å². The highest BCUT2D eigenvalue weighted by Gasteiger charge is 2.09. The Morgan fingerprint density at radius 2 is 2.27 bits per heavy atom. The van der Waals surface area contributed by atoms with Crippen molar-refractivity contribution < 1.29 is 9.53 Å². The van der Waals surface area contributed by atoms with Crippen molar-refractivity contribution in [1.29, 1.82) is 0 Å². The summed E-state index contributed by atoms with van der Waals surface area (Å²) in [7, 11) is 1.40. The summed E-state index contributed by atoms with van der Waals surface area (Å²) in [6.45, 7) is 0. The van der Waals surface area contributed by atoms with E-state index < -0.39 is 0 Å². The third-order valence-corrected chi connectivity index (χ3v) is 3.85. The number of benzene rings is 1. The van der Waals surface area contributed by atoms with E-state index in [4.69, 9.17) is 0 Å². The monoisotopic (exact) mass is 284 g/mol. The molecule has 0 aliphatic carbocycles. The largest absolute Gasteiger partial charge is 0.465 e. The minimum absolute atomic E-state index is 0.267. The number of hydrogen-bond donors (Lipinski definition) is 0. The minimum atomic E-state index is -0.267. The average Bonchev–Trinajstić information content (AvgIpc) is 2.70. The van der Waals surface area contributed by atoms with Gasteiger partial charge >= 0.3 is 5.97 Å². The second-order valence-corrected chi connectivity index (χ2v) is 4.75. The molecule has 1 aromatic carbocycles. The molecule has 2 aromatic rings. The molecule has 0 atom stereocenters. The Kier molecular flexibility index (Phi) is 3.07. The second kappa shape index (κ2) is 4.33. The number of alkyl halides is 1. The maximum absolute atomic E-state index is 11.3. The number of methoxy groups -OCH3 is 1. The molecule has 4 heteroatoms. The van der Waals surface area contributed by atoms with Crippen molar-refractivity contribution in [2.45, 2.75) is 5.33 Å². The Balaban J connectivity index is 2.51. The van der Waals surface area contributed by atoms with Crippen LogP contribution >= 0.6 is 27.3 Å². The van der Waals surface area contributed by atoms with E-state index in [0.29, 0.717) is 4.88 Å². The molecular weight excluding hydrogens is 276 g/mol. The Hall–Kier alpha value is -0.870. The minimum Gasteiger partial charge on any atom is -0.465 e. The highest BCUT2D eigenvalue weighted by Crippen LogP contribution is 2.27. The molecule has 0 bridgehead atoms. The number of fused-ring (bicyclic) bond motifs is 1. The lowest BCUT2D eigenvalue weighted by Gasteiger charge is -1.93. The van der Waals surface area contributed by atoms with E-state index in [9.17, 15) is 4.79 Å². The number of esters is 1. The van der Waals surface area contributed by atoms with Gasteiger partial charge in [0, 0.05) is 10.0 Å². The van der Waals surface area contributed by atoms with Crippen molar-refractivity contribution in [2.75, 3.05) is 7.11 Å². The zero-order valence-electron chi connectivity index (χ0n) is 8.12. The molecule has 78 valence electrons. The smallest absolute Gasteiger partial charge is 0.348 e. The van der Waals surface area contributed by atoms with Crippen molar-refractivity contribution >= 4 is 43.3 Å². The van der Waals surface area contributed by atoms with Crippen LogP contribution in [0.1, 0.15) is 15.2 Å². The molecule has 0 radical (unpaired) electrons. The van der Waals surface area contributed by atoms with Crippen molar-refractivity contribution in [3.8, 4) is 0 Å². The van der Waals surface area contributed by atoms with Crippen LogP contribution in [0, 0.1) is 0 Å². The number of hydrogen-bond acceptors (Lipinski definition) is 3. The maximum Gasteiger partial charge on any atom is 0.348 e. The van der Waals surface area contributed by atoms with Crippen LogP contribution in [0.2, 0.25) is 0 Å². The van der Waals surface area contributed by atoms with Crippen molar-refractivity contribution in [3.63, 3.8) is 0 Å². The average molecular weight is 285 g/mol. The molecule has 15 heavy (non-hydrogen) atoms. The molecular formula is C11H9BrO2S. The summed E-state index contributed by atoms with van der Waals surface area (Å²) < 4.78 is 5.80. The van der Waals surface area contributed by atoms with Crippen LogP contribution in [0.4, 0.5) is 0 Å². The van der Waals surface area contributed by atoms with E-state index in [-0.39, 0.29) is 5.97 Å². The second-order valence-electron chi connectivity index (χ2n) is 3.11. The van der Waals surface area contributed by atoms with Gasteiger partial charge < -0.3 is 4.74 Å². The van der Waals surface area contributed by atoms with E-state index in [1.165, 1.54) is 24.0 Å². The van der Waals surface area contributed by atoms with Gasteiger partial charge in [-0.3, -0.25) is 0 Å². The van der Waals surface area contributed by atoms with E-state index in [2.05, 4.69) is 26.7 Å². The molecule has 0 saturated heterocycles. The van der Waals surface area contributed by atoms with E-state index in [1.54, 1.807) is 0 Å². The molecule has 1 aromatic heterocycles. The molecule has 0 spiro atoms. The highest BCUT2D eigenvalue weighted by molar-refractivity contribution is 9.08. The van der Waals surface area contributed by atoms with Crippen LogP contribution in [0.3, 0.4) is 0 Å². The Labute approximate surface area is 100.0 Å². The molecule has 0 amide bonds. The van der Waals surface area contributed by atoms with Crippen molar-refractivity contribution in [3.05, 3.63) is 34.7 Å². The van der Waals surface area contributed by atoms with Gasteiger partial charge in [0.25, 0.3) is 0 Å². The number of halogens is 1. The predicted octanol–water partition coefficient (Wildman–Crippen LogP) is 3.58. The van der Waals surface area contributed by atoms with E-state index in [0.717, 1.165) is 15.4 Å². The number of rotatable bonds is 2. The summed E-state index contributed by atoms with van der Waals surface area (Å²) in [5.74, 6) is -0.267. The van der Waals surface area contributed by atoms with Gasteiger partial charge in [0.1, 0.15) is 4.88 Å². The van der Waals surface area contributed by atoms with Gasteiger partial charge in [0.2, 0.25) is 0 Å². The lowest BCUT2D eigenvalue weighted by Crippen LogP contribution is -1.96. The first-order chi connectivity index (χ1) is 7.24. The SMILES string of the molecule is COC(=O)c1cc2ccc(CBr)cc2s1. The summed E-state index contributed by atoms with van der Waals surface area (Å²) in [6, 6.07) is 8.02.